The first-order chi connectivity index (χ1) is 13.6. The van der Waals surface area contributed by atoms with Crippen molar-refractivity contribution in [3.05, 3.63) is 29.8 Å². The van der Waals surface area contributed by atoms with E-state index >= 15 is 0 Å². The van der Waals surface area contributed by atoms with E-state index in [0.29, 0.717) is 11.8 Å². The fourth-order valence-corrected chi connectivity index (χ4v) is 4.94. The smallest absolute Gasteiger partial charge is 0.242 e. The third-order valence-corrected chi connectivity index (χ3v) is 6.91. The van der Waals surface area contributed by atoms with Gasteiger partial charge in [0.15, 0.2) is 0 Å². The van der Waals surface area contributed by atoms with E-state index in [9.17, 15) is 9.59 Å². The van der Waals surface area contributed by atoms with Gasteiger partial charge in [0.1, 0.15) is 0 Å². The molecule has 1 aromatic rings. The van der Waals surface area contributed by atoms with Crippen molar-refractivity contribution in [2.24, 2.45) is 11.8 Å². The number of amides is 2. The zero-order valence-electron chi connectivity index (χ0n) is 17.0. The average molecular weight is 384 g/mol. The van der Waals surface area contributed by atoms with Crippen LogP contribution in [0.3, 0.4) is 0 Å². The molecule has 0 spiro atoms. The van der Waals surface area contributed by atoms with E-state index in [1.807, 2.05) is 29.2 Å². The molecule has 0 aromatic heterocycles. The van der Waals surface area contributed by atoms with Crippen LogP contribution < -0.4 is 5.32 Å². The number of hydrogen-bond acceptors (Lipinski definition) is 3. The Morgan fingerprint density at radius 1 is 0.929 bits per heavy atom. The highest BCUT2D eigenvalue weighted by molar-refractivity contribution is 5.95. The second-order valence-corrected chi connectivity index (χ2v) is 8.83. The average Bonchev–Trinajstić information content (AvgIpc) is 3.17. The fraction of sp³-hybridized carbons (Fsp3) is 0.652. The molecular weight excluding hydrogens is 350 g/mol. The Morgan fingerprint density at radius 3 is 2.14 bits per heavy atom. The van der Waals surface area contributed by atoms with Gasteiger partial charge in [-0.05, 0) is 50.7 Å². The number of rotatable bonds is 5. The van der Waals surface area contributed by atoms with Crippen LogP contribution in [0.2, 0.25) is 0 Å². The number of carbonyl (C=O) groups excluding carboxylic acids is 2. The van der Waals surface area contributed by atoms with Gasteiger partial charge in [0.25, 0.3) is 0 Å². The summed E-state index contributed by atoms with van der Waals surface area (Å²) in [5, 5.41) is 3.15. The van der Waals surface area contributed by atoms with Crippen LogP contribution >= 0.6 is 0 Å². The molecule has 2 amide bonds. The molecule has 1 aromatic carbocycles. The second kappa shape index (κ2) is 8.64. The van der Waals surface area contributed by atoms with E-state index < -0.39 is 0 Å². The number of nitrogens with zero attached hydrogens (tertiary/aromatic N) is 2. The Bertz CT molecular complexity index is 684. The predicted molar refractivity (Wildman–Crippen MR) is 111 cm³/mol. The molecule has 1 atom stereocenters. The van der Waals surface area contributed by atoms with Crippen LogP contribution in [0.25, 0.3) is 0 Å². The van der Waals surface area contributed by atoms with E-state index in [4.69, 9.17) is 0 Å². The van der Waals surface area contributed by atoms with E-state index in [1.165, 1.54) is 24.8 Å². The van der Waals surface area contributed by atoms with Crippen molar-refractivity contribution in [1.29, 1.82) is 0 Å². The molecule has 4 rings (SSSR count). The second-order valence-electron chi connectivity index (χ2n) is 8.83. The van der Waals surface area contributed by atoms with Gasteiger partial charge < -0.3 is 10.2 Å². The largest absolute Gasteiger partial charge is 0.340 e. The lowest BCUT2D eigenvalue weighted by atomic mass is 9.84. The van der Waals surface area contributed by atoms with Crippen molar-refractivity contribution in [1.82, 2.24) is 9.80 Å². The van der Waals surface area contributed by atoms with Gasteiger partial charge in [-0.25, -0.2) is 0 Å². The summed E-state index contributed by atoms with van der Waals surface area (Å²) < 4.78 is 0. The molecule has 1 N–H and O–H groups in total. The summed E-state index contributed by atoms with van der Waals surface area (Å²) >= 11 is 0. The zero-order chi connectivity index (χ0) is 19.5. The Labute approximate surface area is 168 Å². The van der Waals surface area contributed by atoms with Gasteiger partial charge in [0.05, 0.1) is 6.04 Å². The van der Waals surface area contributed by atoms with Crippen LogP contribution in [-0.2, 0) is 9.59 Å². The SMILES string of the molecule is Cc1ccc(NC(=O)[C@@H](C2CCCC2)N2CCN(C(=O)C3CCC3)CC2)cc1. The van der Waals surface area contributed by atoms with Crippen LogP contribution in [0.4, 0.5) is 5.69 Å². The number of anilines is 1. The normalized spacial score (nSPS) is 22.7. The topological polar surface area (TPSA) is 52.7 Å². The number of benzene rings is 1. The summed E-state index contributed by atoms with van der Waals surface area (Å²) in [5.41, 5.74) is 2.06. The van der Waals surface area contributed by atoms with Crippen LogP contribution in [0.15, 0.2) is 24.3 Å². The first kappa shape index (κ1) is 19.4. The van der Waals surface area contributed by atoms with Crippen LogP contribution in [0, 0.1) is 18.8 Å². The molecule has 5 heteroatoms. The molecule has 28 heavy (non-hydrogen) atoms. The molecule has 0 bridgehead atoms. The van der Waals surface area contributed by atoms with Gasteiger partial charge in [-0.15, -0.1) is 0 Å². The minimum Gasteiger partial charge on any atom is -0.340 e. The highest BCUT2D eigenvalue weighted by atomic mass is 16.2. The molecule has 1 heterocycles. The van der Waals surface area contributed by atoms with Gasteiger partial charge >= 0.3 is 0 Å². The van der Waals surface area contributed by atoms with Gasteiger partial charge in [-0.1, -0.05) is 37.0 Å². The molecule has 0 radical (unpaired) electrons. The maximum Gasteiger partial charge on any atom is 0.242 e. The monoisotopic (exact) mass is 383 g/mol. The number of aryl methyl sites for hydroxylation is 1. The lowest BCUT2D eigenvalue weighted by Crippen LogP contribution is -2.57. The van der Waals surface area contributed by atoms with Crippen molar-refractivity contribution >= 4 is 17.5 Å². The maximum absolute atomic E-state index is 13.2. The Balaban J connectivity index is 1.40. The van der Waals surface area contributed by atoms with Crippen molar-refractivity contribution in [3.8, 4) is 0 Å². The lowest BCUT2D eigenvalue weighted by Gasteiger charge is -2.42. The number of nitrogens with one attached hydrogen (secondary N) is 1. The molecule has 2 saturated carbocycles. The van der Waals surface area contributed by atoms with E-state index in [0.717, 1.165) is 57.5 Å². The molecule has 3 aliphatic rings. The van der Waals surface area contributed by atoms with E-state index in [1.54, 1.807) is 0 Å². The van der Waals surface area contributed by atoms with Crippen molar-refractivity contribution in [2.75, 3.05) is 31.5 Å². The Hall–Kier alpha value is -1.88. The summed E-state index contributed by atoms with van der Waals surface area (Å²) in [6.07, 6.45) is 8.02. The number of piperazine rings is 1. The standard InChI is InChI=1S/C23H33N3O2/c1-17-9-11-20(12-10-17)24-22(27)21(18-5-2-3-6-18)25-13-15-26(16-14-25)23(28)19-7-4-8-19/h9-12,18-19,21H,2-8,13-16H2,1H3,(H,24,27)/t21-/m1/s1. The summed E-state index contributed by atoms with van der Waals surface area (Å²) in [6.45, 7) is 5.19. The lowest BCUT2D eigenvalue weighted by molar-refractivity contribution is -0.140. The van der Waals surface area contributed by atoms with Crippen molar-refractivity contribution in [2.45, 2.75) is 57.9 Å². The van der Waals surface area contributed by atoms with Crippen LogP contribution in [0.1, 0.15) is 50.5 Å². The highest BCUT2D eigenvalue weighted by Gasteiger charge is 2.38. The summed E-state index contributed by atoms with van der Waals surface area (Å²) in [4.78, 5) is 30.1. The Morgan fingerprint density at radius 2 is 1.57 bits per heavy atom. The van der Waals surface area contributed by atoms with E-state index in [2.05, 4.69) is 17.1 Å². The molecule has 0 unspecified atom stereocenters. The van der Waals surface area contributed by atoms with Gasteiger partial charge in [0, 0.05) is 37.8 Å². The highest BCUT2D eigenvalue weighted by Crippen LogP contribution is 2.32. The fourth-order valence-electron chi connectivity index (χ4n) is 4.94. The summed E-state index contributed by atoms with van der Waals surface area (Å²) in [6, 6.07) is 7.95. The maximum atomic E-state index is 13.2. The van der Waals surface area contributed by atoms with Gasteiger partial charge in [-0.2, -0.15) is 0 Å². The van der Waals surface area contributed by atoms with Gasteiger partial charge in [-0.3, -0.25) is 14.5 Å². The van der Waals surface area contributed by atoms with Crippen molar-refractivity contribution < 1.29 is 9.59 Å². The van der Waals surface area contributed by atoms with Gasteiger partial charge in [0.2, 0.25) is 11.8 Å². The first-order valence-corrected chi connectivity index (χ1v) is 11.0. The van der Waals surface area contributed by atoms with Crippen molar-refractivity contribution in [3.63, 3.8) is 0 Å². The molecule has 152 valence electrons. The third kappa shape index (κ3) is 4.24. The summed E-state index contributed by atoms with van der Waals surface area (Å²) in [5.74, 6) is 1.16. The zero-order valence-corrected chi connectivity index (χ0v) is 17.0. The molecule has 3 fully saturated rings. The molecule has 1 saturated heterocycles. The minimum absolute atomic E-state index is 0.0789. The summed E-state index contributed by atoms with van der Waals surface area (Å²) in [7, 11) is 0. The molecule has 1 aliphatic heterocycles. The Kier molecular flexibility index (Phi) is 6.00. The molecule has 5 nitrogen and oxygen atoms in total. The molecule has 2 aliphatic carbocycles. The predicted octanol–water partition coefficient (Wildman–Crippen LogP) is 3.44. The minimum atomic E-state index is -0.0789. The van der Waals surface area contributed by atoms with Crippen LogP contribution in [0.5, 0.6) is 0 Å². The van der Waals surface area contributed by atoms with Crippen LogP contribution in [-0.4, -0.2) is 53.8 Å². The number of hydrogen-bond donors (Lipinski definition) is 1. The van der Waals surface area contributed by atoms with E-state index in [-0.39, 0.29) is 17.9 Å². The quantitative estimate of drug-likeness (QED) is 0.847. The molecular formula is C23H33N3O2. The number of carbonyl (C=O) groups is 2. The first-order valence-electron chi connectivity index (χ1n) is 11.0. The third-order valence-electron chi connectivity index (χ3n) is 6.91.